The number of aromatic nitrogens is 1. The molecule has 0 saturated carbocycles. The lowest BCUT2D eigenvalue weighted by Crippen LogP contribution is -2.36. The number of rotatable bonds is 5. The van der Waals surface area contributed by atoms with Crippen molar-refractivity contribution in [3.05, 3.63) is 29.0 Å². The molecule has 1 rings (SSSR count). The lowest BCUT2D eigenvalue weighted by atomic mass is 10.2. The Balaban J connectivity index is 2.49. The molecule has 1 atom stereocenters. The van der Waals surface area contributed by atoms with Crippen molar-refractivity contribution in [3.8, 4) is 0 Å². The molecule has 88 valence electrons. The molecule has 0 radical (unpaired) electrons. The number of esters is 1. The van der Waals surface area contributed by atoms with Crippen LogP contribution in [0.15, 0.2) is 18.3 Å². The predicted molar refractivity (Wildman–Crippen MR) is 62.2 cm³/mol. The van der Waals surface area contributed by atoms with Gasteiger partial charge in [0.25, 0.3) is 0 Å². The van der Waals surface area contributed by atoms with Gasteiger partial charge in [-0.05, 0) is 18.6 Å². The Bertz CT molecular complexity index is 340. The van der Waals surface area contributed by atoms with Crippen LogP contribution in [0.3, 0.4) is 0 Å². The number of halogens is 1. The molecule has 1 unspecified atom stereocenters. The fraction of sp³-hybridized carbons (Fsp3) is 0.455. The number of methoxy groups -OCH3 is 1. The third kappa shape index (κ3) is 3.79. The standard InChI is InChI=1S/C11H15ClN2O2/c1-3-10(11(15)16-2)14-7-9-5-4-8(12)6-13-9/h4-6,10,14H,3,7H2,1-2H3. The fourth-order valence-corrected chi connectivity index (χ4v) is 1.39. The molecule has 1 aromatic rings. The van der Waals surface area contributed by atoms with Crippen molar-refractivity contribution in [1.29, 1.82) is 0 Å². The van der Waals surface area contributed by atoms with E-state index in [2.05, 4.69) is 15.0 Å². The molecule has 1 N–H and O–H groups in total. The van der Waals surface area contributed by atoms with Crippen molar-refractivity contribution in [2.45, 2.75) is 25.9 Å². The summed E-state index contributed by atoms with van der Waals surface area (Å²) < 4.78 is 4.67. The number of ether oxygens (including phenoxy) is 1. The van der Waals surface area contributed by atoms with E-state index < -0.39 is 0 Å². The molecule has 1 aromatic heterocycles. The van der Waals surface area contributed by atoms with Crippen LogP contribution in [0.5, 0.6) is 0 Å². The fourth-order valence-electron chi connectivity index (χ4n) is 1.28. The van der Waals surface area contributed by atoms with E-state index in [-0.39, 0.29) is 12.0 Å². The van der Waals surface area contributed by atoms with Gasteiger partial charge in [0, 0.05) is 12.7 Å². The van der Waals surface area contributed by atoms with E-state index in [9.17, 15) is 4.79 Å². The van der Waals surface area contributed by atoms with Crippen molar-refractivity contribution >= 4 is 17.6 Å². The largest absolute Gasteiger partial charge is 0.468 e. The zero-order valence-electron chi connectivity index (χ0n) is 9.37. The van der Waals surface area contributed by atoms with Gasteiger partial charge in [-0.1, -0.05) is 18.5 Å². The summed E-state index contributed by atoms with van der Waals surface area (Å²) in [5, 5.41) is 3.68. The van der Waals surface area contributed by atoms with Gasteiger partial charge in [0.15, 0.2) is 0 Å². The van der Waals surface area contributed by atoms with Crippen LogP contribution < -0.4 is 5.32 Å². The van der Waals surface area contributed by atoms with Crippen molar-refractivity contribution in [2.24, 2.45) is 0 Å². The Kier molecular flexibility index (Phi) is 5.22. The van der Waals surface area contributed by atoms with Gasteiger partial charge in [0.1, 0.15) is 6.04 Å². The summed E-state index contributed by atoms with van der Waals surface area (Å²) in [6, 6.07) is 3.30. The lowest BCUT2D eigenvalue weighted by molar-refractivity contribution is -0.143. The molecule has 1 heterocycles. The van der Waals surface area contributed by atoms with E-state index in [1.54, 1.807) is 12.3 Å². The third-order valence-electron chi connectivity index (χ3n) is 2.21. The number of nitrogens with zero attached hydrogens (tertiary/aromatic N) is 1. The topological polar surface area (TPSA) is 51.2 Å². The van der Waals surface area contributed by atoms with Crippen molar-refractivity contribution in [3.63, 3.8) is 0 Å². The van der Waals surface area contributed by atoms with Gasteiger partial charge in [0.2, 0.25) is 0 Å². The van der Waals surface area contributed by atoms with Crippen LogP contribution in [0, 0.1) is 0 Å². The normalized spacial score (nSPS) is 12.2. The van der Waals surface area contributed by atoms with Crippen LogP contribution >= 0.6 is 11.6 Å². The molecule has 0 saturated heterocycles. The Morgan fingerprint density at radius 2 is 2.38 bits per heavy atom. The van der Waals surface area contributed by atoms with Crippen LogP contribution in [0.25, 0.3) is 0 Å². The quantitative estimate of drug-likeness (QED) is 0.800. The summed E-state index contributed by atoms with van der Waals surface area (Å²) >= 11 is 5.72. The maximum absolute atomic E-state index is 11.3. The van der Waals surface area contributed by atoms with Gasteiger partial charge in [-0.15, -0.1) is 0 Å². The molecule has 0 aliphatic carbocycles. The summed E-state index contributed by atoms with van der Waals surface area (Å²) in [7, 11) is 1.38. The highest BCUT2D eigenvalue weighted by Gasteiger charge is 2.15. The average Bonchev–Trinajstić information content (AvgIpc) is 2.31. The first-order valence-corrected chi connectivity index (χ1v) is 5.46. The first-order chi connectivity index (χ1) is 7.67. The highest BCUT2D eigenvalue weighted by atomic mass is 35.5. The molecule has 0 aromatic carbocycles. The van der Waals surface area contributed by atoms with Gasteiger partial charge >= 0.3 is 5.97 Å². The Labute approximate surface area is 100.0 Å². The number of carbonyl (C=O) groups is 1. The first-order valence-electron chi connectivity index (χ1n) is 5.09. The molecule has 5 heteroatoms. The number of carbonyl (C=O) groups excluding carboxylic acids is 1. The molecule has 16 heavy (non-hydrogen) atoms. The maximum atomic E-state index is 11.3. The summed E-state index contributed by atoms with van der Waals surface area (Å²) in [5.41, 5.74) is 0.840. The summed E-state index contributed by atoms with van der Waals surface area (Å²) in [6.45, 7) is 2.44. The minimum atomic E-state index is -0.289. The highest BCUT2D eigenvalue weighted by Crippen LogP contribution is 2.06. The molecule has 0 aliphatic rings. The van der Waals surface area contributed by atoms with E-state index in [0.29, 0.717) is 18.0 Å². The molecular formula is C11H15ClN2O2. The van der Waals surface area contributed by atoms with E-state index in [1.165, 1.54) is 7.11 Å². The number of hydrogen-bond acceptors (Lipinski definition) is 4. The van der Waals surface area contributed by atoms with Gasteiger partial charge in [0.05, 0.1) is 17.8 Å². The second-order valence-electron chi connectivity index (χ2n) is 3.33. The smallest absolute Gasteiger partial charge is 0.322 e. The van der Waals surface area contributed by atoms with Gasteiger partial charge in [-0.25, -0.2) is 0 Å². The molecule has 0 spiro atoms. The second kappa shape index (κ2) is 6.45. The predicted octanol–water partition coefficient (Wildman–Crippen LogP) is 1.78. The zero-order chi connectivity index (χ0) is 12.0. The van der Waals surface area contributed by atoms with E-state index in [1.807, 2.05) is 13.0 Å². The number of nitrogens with one attached hydrogen (secondary N) is 1. The minimum Gasteiger partial charge on any atom is -0.468 e. The van der Waals surface area contributed by atoms with Gasteiger partial charge in [-0.2, -0.15) is 0 Å². The molecule has 0 amide bonds. The van der Waals surface area contributed by atoms with Crippen LogP contribution in [0.1, 0.15) is 19.0 Å². The monoisotopic (exact) mass is 242 g/mol. The van der Waals surface area contributed by atoms with Crippen LogP contribution in [0.2, 0.25) is 5.02 Å². The SMILES string of the molecule is CCC(NCc1ccc(Cl)cn1)C(=O)OC. The summed E-state index contributed by atoms with van der Waals surface area (Å²) in [5.74, 6) is -0.253. The summed E-state index contributed by atoms with van der Waals surface area (Å²) in [6.07, 6.45) is 2.26. The molecule has 4 nitrogen and oxygen atoms in total. The minimum absolute atomic E-state index is 0.253. The van der Waals surface area contributed by atoms with Crippen LogP contribution in [0.4, 0.5) is 0 Å². The molecule has 0 bridgehead atoms. The third-order valence-corrected chi connectivity index (χ3v) is 2.44. The number of pyridine rings is 1. The molecular weight excluding hydrogens is 228 g/mol. The van der Waals surface area contributed by atoms with E-state index in [0.717, 1.165) is 5.69 Å². The van der Waals surface area contributed by atoms with Crippen molar-refractivity contribution in [2.75, 3.05) is 7.11 Å². The Hall–Kier alpha value is -1.13. The Morgan fingerprint density at radius 3 is 2.88 bits per heavy atom. The van der Waals surface area contributed by atoms with Crippen molar-refractivity contribution < 1.29 is 9.53 Å². The lowest BCUT2D eigenvalue weighted by Gasteiger charge is -2.13. The second-order valence-corrected chi connectivity index (χ2v) is 3.77. The van der Waals surface area contributed by atoms with Gasteiger partial charge in [-0.3, -0.25) is 15.1 Å². The molecule has 0 aliphatic heterocycles. The van der Waals surface area contributed by atoms with Crippen LogP contribution in [-0.2, 0) is 16.1 Å². The Morgan fingerprint density at radius 1 is 1.62 bits per heavy atom. The zero-order valence-corrected chi connectivity index (χ0v) is 10.1. The van der Waals surface area contributed by atoms with Gasteiger partial charge < -0.3 is 4.74 Å². The highest BCUT2D eigenvalue weighted by molar-refractivity contribution is 6.30. The van der Waals surface area contributed by atoms with E-state index in [4.69, 9.17) is 11.6 Å². The average molecular weight is 243 g/mol. The number of hydrogen-bond donors (Lipinski definition) is 1. The molecule has 0 fully saturated rings. The first kappa shape index (κ1) is 12.9. The summed E-state index contributed by atoms with van der Waals surface area (Å²) in [4.78, 5) is 15.4. The van der Waals surface area contributed by atoms with Crippen LogP contribution in [-0.4, -0.2) is 24.1 Å². The maximum Gasteiger partial charge on any atom is 0.322 e. The van der Waals surface area contributed by atoms with Crippen molar-refractivity contribution in [1.82, 2.24) is 10.3 Å². The van der Waals surface area contributed by atoms with E-state index >= 15 is 0 Å².